The van der Waals surface area contributed by atoms with E-state index in [0.29, 0.717) is 37.1 Å². The number of rotatable bonds is 7. The van der Waals surface area contributed by atoms with Crippen molar-refractivity contribution in [2.45, 2.75) is 39.3 Å². The lowest BCUT2D eigenvalue weighted by atomic mass is 9.59. The number of nitrogens with one attached hydrogen (secondary N) is 1. The number of nitrogens with zero attached hydrogens (tertiary/aromatic N) is 1. The monoisotopic (exact) mass is 559 g/mol. The van der Waals surface area contributed by atoms with E-state index < -0.39 is 23.7 Å². The molecule has 3 unspecified atom stereocenters. The standard InChI is InChI=1S/C32H37N3O6/c1-6-15(2)12-34-13-19-11-20(17-7-8-41-14-17)21-9-18-10-22-23(29(37)25(18)30(38)26(21)28(19)36)16(3)24(32(33)40)31(39)27(22)35(4)5/h6-8,11,14,18,22-23,27,34,36-37,39H,3,9-10,12-13H2,1-2,4-5H3,(H2,33,40)/b15-6-/t18?,22?,23?,27-/m0/s1. The number of aliphatic hydroxyl groups is 2. The maximum absolute atomic E-state index is 14.2. The quantitative estimate of drug-likeness (QED) is 0.315. The van der Waals surface area contributed by atoms with Gasteiger partial charge in [0.15, 0.2) is 5.78 Å². The Bertz CT molecular complexity index is 1530. The van der Waals surface area contributed by atoms with Crippen LogP contribution in [0.5, 0.6) is 5.75 Å². The number of hydrogen-bond donors (Lipinski definition) is 5. The molecule has 6 N–H and O–H groups in total. The first kappa shape index (κ1) is 28.4. The third-order valence-corrected chi connectivity index (χ3v) is 8.86. The Balaban J connectivity index is 1.65. The first-order valence-electron chi connectivity index (χ1n) is 13.8. The second-order valence-corrected chi connectivity index (χ2v) is 11.5. The molecule has 1 aromatic carbocycles. The molecule has 3 aliphatic carbocycles. The minimum absolute atomic E-state index is 0.117. The molecule has 41 heavy (non-hydrogen) atoms. The third kappa shape index (κ3) is 4.59. The highest BCUT2D eigenvalue weighted by Crippen LogP contribution is 2.53. The number of fused-ring (bicyclic) bond motifs is 3. The van der Waals surface area contributed by atoms with Crippen molar-refractivity contribution in [1.82, 2.24) is 10.2 Å². The Morgan fingerprint density at radius 3 is 2.61 bits per heavy atom. The zero-order valence-corrected chi connectivity index (χ0v) is 23.8. The van der Waals surface area contributed by atoms with E-state index in [1.807, 2.05) is 32.1 Å². The zero-order valence-electron chi connectivity index (χ0n) is 23.8. The number of amides is 1. The molecule has 0 bridgehead atoms. The van der Waals surface area contributed by atoms with Gasteiger partial charge in [0.05, 0.1) is 29.7 Å². The number of ketones is 1. The molecule has 1 amide bonds. The van der Waals surface area contributed by atoms with Gasteiger partial charge in [0.25, 0.3) is 5.91 Å². The number of benzene rings is 1. The fourth-order valence-corrected chi connectivity index (χ4v) is 6.88. The number of allylic oxidation sites excluding steroid dienone is 3. The van der Waals surface area contributed by atoms with E-state index in [2.05, 4.69) is 11.9 Å². The maximum Gasteiger partial charge on any atom is 0.252 e. The SMILES string of the molecule is C=C1C(C(N)=O)=C(O)[C@@H](N(C)C)C2CC3Cc4c(-c5ccoc5)cc(CNC/C(C)=C\C)c(O)c4C(=O)C3=C(O)C12. The summed E-state index contributed by atoms with van der Waals surface area (Å²) in [5.41, 5.74) is 10.0. The minimum atomic E-state index is -0.842. The number of furan rings is 1. The van der Waals surface area contributed by atoms with Crippen LogP contribution in [0.1, 0.15) is 41.8 Å². The van der Waals surface area contributed by atoms with Gasteiger partial charge in [-0.3, -0.25) is 14.5 Å². The van der Waals surface area contributed by atoms with E-state index in [4.69, 9.17) is 10.2 Å². The predicted octanol–water partition coefficient (Wildman–Crippen LogP) is 4.31. The summed E-state index contributed by atoms with van der Waals surface area (Å²) in [7, 11) is 3.56. The number of likely N-dealkylation sites (N-methyl/N-ethyl adjacent to an activating group) is 1. The highest BCUT2D eigenvalue weighted by Gasteiger charge is 2.52. The molecule has 9 heteroatoms. The number of carbonyl (C=O) groups excluding carboxylic acids is 2. The van der Waals surface area contributed by atoms with Crippen molar-refractivity contribution in [3.05, 3.63) is 87.8 Å². The van der Waals surface area contributed by atoms with Crippen molar-refractivity contribution in [3.63, 3.8) is 0 Å². The first-order valence-corrected chi connectivity index (χ1v) is 13.8. The largest absolute Gasteiger partial charge is 0.511 e. The number of hydrogen-bond acceptors (Lipinski definition) is 8. The molecule has 0 saturated heterocycles. The lowest BCUT2D eigenvalue weighted by molar-refractivity contribution is -0.114. The molecule has 1 aromatic heterocycles. The number of primary amides is 1. The van der Waals surface area contributed by atoms with Crippen LogP contribution in [-0.2, 0) is 17.8 Å². The van der Waals surface area contributed by atoms with Gasteiger partial charge in [0, 0.05) is 35.7 Å². The first-order chi connectivity index (χ1) is 19.5. The third-order valence-electron chi connectivity index (χ3n) is 8.86. The van der Waals surface area contributed by atoms with Gasteiger partial charge in [0.2, 0.25) is 0 Å². The highest BCUT2D eigenvalue weighted by molar-refractivity contribution is 6.14. The van der Waals surface area contributed by atoms with Crippen LogP contribution in [0.2, 0.25) is 0 Å². The molecule has 2 aromatic rings. The number of nitrogens with two attached hydrogens (primary N) is 1. The number of aliphatic hydroxyl groups excluding tert-OH is 2. The van der Waals surface area contributed by atoms with E-state index in [0.717, 1.165) is 16.7 Å². The number of phenols is 1. The summed E-state index contributed by atoms with van der Waals surface area (Å²) >= 11 is 0. The molecule has 216 valence electrons. The van der Waals surface area contributed by atoms with Gasteiger partial charge in [0.1, 0.15) is 17.3 Å². The summed E-state index contributed by atoms with van der Waals surface area (Å²) in [6.45, 7) is 8.93. The Morgan fingerprint density at radius 2 is 2.00 bits per heavy atom. The van der Waals surface area contributed by atoms with Crippen LogP contribution in [0, 0.1) is 17.8 Å². The van der Waals surface area contributed by atoms with E-state index in [-0.39, 0.29) is 51.4 Å². The van der Waals surface area contributed by atoms with Crippen LogP contribution in [0.25, 0.3) is 11.1 Å². The Kier molecular flexibility index (Phi) is 7.44. The van der Waals surface area contributed by atoms with E-state index in [9.17, 15) is 24.9 Å². The topological polar surface area (TPSA) is 149 Å². The second-order valence-electron chi connectivity index (χ2n) is 11.5. The Labute approximate surface area is 239 Å². The smallest absolute Gasteiger partial charge is 0.252 e. The van der Waals surface area contributed by atoms with Crippen molar-refractivity contribution in [2.75, 3.05) is 20.6 Å². The maximum atomic E-state index is 14.2. The van der Waals surface area contributed by atoms with Crippen molar-refractivity contribution in [1.29, 1.82) is 0 Å². The van der Waals surface area contributed by atoms with Crippen LogP contribution in [0.15, 0.2) is 75.5 Å². The lowest BCUT2D eigenvalue weighted by Crippen LogP contribution is -2.50. The summed E-state index contributed by atoms with van der Waals surface area (Å²) < 4.78 is 5.37. The molecule has 9 nitrogen and oxygen atoms in total. The Hall–Kier alpha value is -4.08. The van der Waals surface area contributed by atoms with Crippen LogP contribution < -0.4 is 11.1 Å². The summed E-state index contributed by atoms with van der Waals surface area (Å²) in [6, 6.07) is 3.10. The molecule has 0 aliphatic heterocycles. The molecule has 0 radical (unpaired) electrons. The fraction of sp³-hybridized carbons (Fsp3) is 0.375. The summed E-state index contributed by atoms with van der Waals surface area (Å²) in [5, 5.41) is 37.6. The van der Waals surface area contributed by atoms with Crippen molar-refractivity contribution >= 4 is 11.7 Å². The van der Waals surface area contributed by atoms with Crippen LogP contribution in [-0.4, -0.2) is 58.6 Å². The van der Waals surface area contributed by atoms with Crippen molar-refractivity contribution < 1.29 is 29.3 Å². The average molecular weight is 560 g/mol. The number of phenolic OH excluding ortho intramolecular Hbond substituents is 1. The Morgan fingerprint density at radius 1 is 1.27 bits per heavy atom. The van der Waals surface area contributed by atoms with Gasteiger partial charge in [-0.15, -0.1) is 0 Å². The zero-order chi connectivity index (χ0) is 29.7. The van der Waals surface area contributed by atoms with Gasteiger partial charge < -0.3 is 30.8 Å². The molecule has 0 fully saturated rings. The number of carbonyl (C=O) groups is 2. The van der Waals surface area contributed by atoms with Gasteiger partial charge in [-0.2, -0.15) is 0 Å². The van der Waals surface area contributed by atoms with Crippen LogP contribution in [0.3, 0.4) is 0 Å². The number of aromatic hydroxyl groups is 1. The molecule has 0 spiro atoms. The minimum Gasteiger partial charge on any atom is -0.511 e. The molecular formula is C32H37N3O6. The lowest BCUT2D eigenvalue weighted by Gasteiger charge is -2.47. The van der Waals surface area contributed by atoms with Gasteiger partial charge in [-0.25, -0.2) is 0 Å². The van der Waals surface area contributed by atoms with Crippen molar-refractivity contribution in [2.24, 2.45) is 23.5 Å². The highest BCUT2D eigenvalue weighted by atomic mass is 16.3. The van der Waals surface area contributed by atoms with Crippen LogP contribution >= 0.6 is 0 Å². The molecule has 4 atom stereocenters. The summed E-state index contributed by atoms with van der Waals surface area (Å²) in [4.78, 5) is 28.4. The van der Waals surface area contributed by atoms with Crippen molar-refractivity contribution in [3.8, 4) is 16.9 Å². The molecular weight excluding hydrogens is 522 g/mol. The van der Waals surface area contributed by atoms with E-state index in [1.165, 1.54) is 0 Å². The van der Waals surface area contributed by atoms with Crippen LogP contribution in [0.4, 0.5) is 0 Å². The fourth-order valence-electron chi connectivity index (χ4n) is 6.88. The predicted molar refractivity (Wildman–Crippen MR) is 155 cm³/mol. The second kappa shape index (κ2) is 10.7. The summed E-state index contributed by atoms with van der Waals surface area (Å²) in [5.74, 6) is -3.26. The summed E-state index contributed by atoms with van der Waals surface area (Å²) in [6.07, 6.45) is 6.02. The molecule has 5 rings (SSSR count). The molecule has 1 heterocycles. The molecule has 0 saturated carbocycles. The number of Topliss-reactive ketones (excluding diaryl/α,β-unsaturated/α-hetero) is 1. The van der Waals surface area contributed by atoms with Gasteiger partial charge in [-0.05, 0) is 81.5 Å². The van der Waals surface area contributed by atoms with E-state index in [1.54, 1.807) is 31.5 Å². The normalized spacial score (nSPS) is 24.5. The van der Waals surface area contributed by atoms with Gasteiger partial charge >= 0.3 is 0 Å². The average Bonchev–Trinajstić information content (AvgIpc) is 3.43. The van der Waals surface area contributed by atoms with Gasteiger partial charge in [-0.1, -0.05) is 18.2 Å². The van der Waals surface area contributed by atoms with E-state index >= 15 is 0 Å². The molecule has 3 aliphatic rings.